The van der Waals surface area contributed by atoms with Crippen LogP contribution in [0, 0.1) is 6.57 Å². The summed E-state index contributed by atoms with van der Waals surface area (Å²) in [4.78, 5) is 23.1. The first kappa shape index (κ1) is 19.0. The third kappa shape index (κ3) is 4.29. The topological polar surface area (TPSA) is 123 Å². The van der Waals surface area contributed by atoms with Crippen molar-refractivity contribution in [3.8, 4) is 22.9 Å². The molecule has 3 aromatic rings. The zero-order valence-corrected chi connectivity index (χ0v) is 14.6. The van der Waals surface area contributed by atoms with E-state index in [4.69, 9.17) is 22.1 Å². The fourth-order valence-electron chi connectivity index (χ4n) is 2.38. The second kappa shape index (κ2) is 8.26. The average Bonchev–Trinajstić information content (AvgIpc) is 2.74. The van der Waals surface area contributed by atoms with Crippen LogP contribution in [0.4, 0.5) is 5.69 Å². The molecule has 0 saturated heterocycles. The van der Waals surface area contributed by atoms with Crippen LogP contribution in [-0.2, 0) is 0 Å². The molecule has 4 N–H and O–H groups in total. The number of amides is 1. The Balaban J connectivity index is 1.87. The Morgan fingerprint density at radius 3 is 2.25 bits per heavy atom. The monoisotopic (exact) mass is 376 g/mol. The molecule has 0 fully saturated rings. The average molecular weight is 376 g/mol. The first-order valence-corrected chi connectivity index (χ1v) is 8.23. The number of ether oxygens (including phenoxy) is 1. The Bertz CT molecular complexity index is 1030. The SMILES string of the molecule is [C-]#[N+]c1ccc(Oc2ccc(-c3nc(C(N)=O)cc([C@@H](O)CO)n3)cc2)cc1. The van der Waals surface area contributed by atoms with Crippen LogP contribution in [0.2, 0.25) is 0 Å². The number of hydrogen-bond acceptors (Lipinski definition) is 6. The highest BCUT2D eigenvalue weighted by Crippen LogP contribution is 2.26. The van der Waals surface area contributed by atoms with Gasteiger partial charge in [0.2, 0.25) is 0 Å². The second-order valence-corrected chi connectivity index (χ2v) is 5.80. The van der Waals surface area contributed by atoms with Gasteiger partial charge in [-0.15, -0.1) is 0 Å². The van der Waals surface area contributed by atoms with Crippen LogP contribution in [0.3, 0.4) is 0 Å². The van der Waals surface area contributed by atoms with E-state index in [1.807, 2.05) is 0 Å². The van der Waals surface area contributed by atoms with Crippen LogP contribution in [-0.4, -0.2) is 32.7 Å². The minimum atomic E-state index is -1.25. The normalized spacial score (nSPS) is 11.5. The molecule has 0 aliphatic carbocycles. The summed E-state index contributed by atoms with van der Waals surface area (Å²) in [5.41, 5.74) is 6.42. The quantitative estimate of drug-likeness (QED) is 0.568. The number of carbonyl (C=O) groups is 1. The number of rotatable bonds is 6. The van der Waals surface area contributed by atoms with Gasteiger partial charge in [0.1, 0.15) is 23.3 Å². The van der Waals surface area contributed by atoms with Crippen molar-refractivity contribution in [3.05, 3.63) is 77.4 Å². The lowest BCUT2D eigenvalue weighted by Gasteiger charge is -2.11. The Morgan fingerprint density at radius 2 is 1.71 bits per heavy atom. The van der Waals surface area contributed by atoms with E-state index in [9.17, 15) is 9.90 Å². The van der Waals surface area contributed by atoms with Crippen molar-refractivity contribution in [2.75, 3.05) is 6.61 Å². The predicted octanol–water partition coefficient (Wildman–Crippen LogP) is 2.61. The van der Waals surface area contributed by atoms with Gasteiger partial charge in [-0.05, 0) is 42.5 Å². The molecule has 0 aliphatic heterocycles. The third-order valence-electron chi connectivity index (χ3n) is 3.83. The van der Waals surface area contributed by atoms with E-state index in [-0.39, 0.29) is 17.2 Å². The number of nitrogens with two attached hydrogens (primary N) is 1. The Kier molecular flexibility index (Phi) is 5.60. The van der Waals surface area contributed by atoms with Crippen molar-refractivity contribution < 1.29 is 19.7 Å². The molecule has 0 radical (unpaired) electrons. The van der Waals surface area contributed by atoms with Gasteiger partial charge in [-0.1, -0.05) is 12.1 Å². The number of nitrogens with zero attached hydrogens (tertiary/aromatic N) is 3. The number of hydrogen-bond donors (Lipinski definition) is 3. The van der Waals surface area contributed by atoms with E-state index in [0.29, 0.717) is 22.7 Å². The molecule has 3 rings (SSSR count). The lowest BCUT2D eigenvalue weighted by molar-refractivity contribution is 0.0916. The summed E-state index contributed by atoms with van der Waals surface area (Å²) in [7, 11) is 0. The molecule has 0 saturated carbocycles. The first-order chi connectivity index (χ1) is 13.5. The van der Waals surface area contributed by atoms with Gasteiger partial charge in [0.25, 0.3) is 5.91 Å². The molecule has 1 heterocycles. The summed E-state index contributed by atoms with van der Waals surface area (Å²) in [6, 6.07) is 14.7. The standard InChI is InChI=1S/C20H16N4O4/c1-22-13-4-8-15(9-5-13)28-14-6-2-12(3-7-14)20-23-16(18(26)11-25)10-17(24-20)19(21)27/h2-10,18,25-26H,11H2,(H2,21,27)/t18-/m0/s1. The van der Waals surface area contributed by atoms with E-state index >= 15 is 0 Å². The molecule has 8 heteroatoms. The molecule has 8 nitrogen and oxygen atoms in total. The van der Waals surface area contributed by atoms with E-state index < -0.39 is 18.6 Å². The highest BCUT2D eigenvalue weighted by molar-refractivity contribution is 5.91. The van der Waals surface area contributed by atoms with Gasteiger partial charge in [0.05, 0.1) is 18.9 Å². The summed E-state index contributed by atoms with van der Waals surface area (Å²) >= 11 is 0. The minimum absolute atomic E-state index is 0.0623. The van der Waals surface area contributed by atoms with Crippen LogP contribution < -0.4 is 10.5 Å². The number of primary amides is 1. The van der Waals surface area contributed by atoms with E-state index in [1.54, 1.807) is 48.5 Å². The second-order valence-electron chi connectivity index (χ2n) is 5.80. The predicted molar refractivity (Wildman–Crippen MR) is 101 cm³/mol. The largest absolute Gasteiger partial charge is 0.457 e. The highest BCUT2D eigenvalue weighted by Gasteiger charge is 2.15. The van der Waals surface area contributed by atoms with Gasteiger partial charge < -0.3 is 20.7 Å². The molecule has 0 unspecified atom stereocenters. The van der Waals surface area contributed by atoms with Gasteiger partial charge in [-0.25, -0.2) is 14.8 Å². The van der Waals surface area contributed by atoms with E-state index in [1.165, 1.54) is 6.07 Å². The summed E-state index contributed by atoms with van der Waals surface area (Å²) in [5.74, 6) is 0.561. The summed E-state index contributed by atoms with van der Waals surface area (Å²) in [6.45, 7) is 6.40. The molecule has 1 amide bonds. The van der Waals surface area contributed by atoms with Crippen LogP contribution in [0.25, 0.3) is 16.2 Å². The zero-order valence-electron chi connectivity index (χ0n) is 14.6. The molecule has 1 aromatic heterocycles. The molecule has 0 aliphatic rings. The Hall–Kier alpha value is -3.80. The lowest BCUT2D eigenvalue weighted by atomic mass is 10.1. The van der Waals surface area contributed by atoms with Crippen molar-refractivity contribution in [1.82, 2.24) is 9.97 Å². The van der Waals surface area contributed by atoms with Crippen molar-refractivity contribution in [1.29, 1.82) is 0 Å². The maximum Gasteiger partial charge on any atom is 0.267 e. The van der Waals surface area contributed by atoms with Gasteiger partial charge in [0.15, 0.2) is 11.5 Å². The highest BCUT2D eigenvalue weighted by atomic mass is 16.5. The Labute approximate surface area is 160 Å². The van der Waals surface area contributed by atoms with Gasteiger partial charge in [-0.3, -0.25) is 4.79 Å². The third-order valence-corrected chi connectivity index (χ3v) is 3.83. The molecule has 0 spiro atoms. The van der Waals surface area contributed by atoms with Crippen molar-refractivity contribution in [3.63, 3.8) is 0 Å². The fraction of sp³-hybridized carbons (Fsp3) is 0.100. The van der Waals surface area contributed by atoms with Crippen LogP contribution in [0.1, 0.15) is 22.3 Å². The maximum atomic E-state index is 11.5. The van der Waals surface area contributed by atoms with Crippen LogP contribution in [0.5, 0.6) is 11.5 Å². The van der Waals surface area contributed by atoms with Crippen molar-refractivity contribution >= 4 is 11.6 Å². The number of benzene rings is 2. The molecular weight excluding hydrogens is 360 g/mol. The number of carbonyl (C=O) groups excluding carboxylic acids is 1. The maximum absolute atomic E-state index is 11.5. The number of aliphatic hydroxyl groups is 2. The van der Waals surface area contributed by atoms with Gasteiger partial charge >= 0.3 is 0 Å². The van der Waals surface area contributed by atoms with Gasteiger partial charge in [-0.2, -0.15) is 0 Å². The fourth-order valence-corrected chi connectivity index (χ4v) is 2.38. The zero-order chi connectivity index (χ0) is 20.1. The van der Waals surface area contributed by atoms with Gasteiger partial charge in [0, 0.05) is 5.56 Å². The van der Waals surface area contributed by atoms with Crippen LogP contribution in [0.15, 0.2) is 54.6 Å². The molecule has 1 atom stereocenters. The lowest BCUT2D eigenvalue weighted by Crippen LogP contribution is -2.16. The minimum Gasteiger partial charge on any atom is -0.457 e. The molecule has 28 heavy (non-hydrogen) atoms. The van der Waals surface area contributed by atoms with Crippen molar-refractivity contribution in [2.24, 2.45) is 5.73 Å². The first-order valence-electron chi connectivity index (χ1n) is 8.23. The number of aromatic nitrogens is 2. The smallest absolute Gasteiger partial charge is 0.267 e. The molecule has 2 aromatic carbocycles. The van der Waals surface area contributed by atoms with Crippen LogP contribution >= 0.6 is 0 Å². The number of aliphatic hydroxyl groups excluding tert-OH is 2. The Morgan fingerprint density at radius 1 is 1.11 bits per heavy atom. The van der Waals surface area contributed by atoms with E-state index in [2.05, 4.69) is 14.8 Å². The molecule has 0 bridgehead atoms. The summed E-state index contributed by atoms with van der Waals surface area (Å²) < 4.78 is 5.72. The van der Waals surface area contributed by atoms with E-state index in [0.717, 1.165) is 0 Å². The molecule has 140 valence electrons. The summed E-state index contributed by atoms with van der Waals surface area (Å²) in [5, 5.41) is 19.0. The summed E-state index contributed by atoms with van der Waals surface area (Å²) in [6.07, 6.45) is -1.25. The van der Waals surface area contributed by atoms with Crippen molar-refractivity contribution in [2.45, 2.75) is 6.10 Å². The molecular formula is C20H16N4O4.